The van der Waals surface area contributed by atoms with Crippen LogP contribution in [0.4, 0.5) is 0 Å². The Hall–Kier alpha value is -3.11. The highest BCUT2D eigenvalue weighted by atomic mass is 35.5. The molecular weight excluding hydrogens is 394 g/mol. The van der Waals surface area contributed by atoms with E-state index >= 15 is 0 Å². The van der Waals surface area contributed by atoms with Crippen LogP contribution >= 0.6 is 11.6 Å². The highest BCUT2D eigenvalue weighted by Gasteiger charge is 2.13. The Morgan fingerprint density at radius 3 is 2.47 bits per heavy atom. The van der Waals surface area contributed by atoms with Crippen molar-refractivity contribution in [2.24, 2.45) is 0 Å². The Labute approximate surface area is 181 Å². The summed E-state index contributed by atoms with van der Waals surface area (Å²) in [4.78, 5) is 12.2. The predicted molar refractivity (Wildman–Crippen MR) is 123 cm³/mol. The lowest BCUT2D eigenvalue weighted by atomic mass is 10.1. The van der Waals surface area contributed by atoms with Gasteiger partial charge in [-0.05, 0) is 36.6 Å². The fourth-order valence-electron chi connectivity index (χ4n) is 3.60. The van der Waals surface area contributed by atoms with Gasteiger partial charge < -0.3 is 5.32 Å². The lowest BCUT2D eigenvalue weighted by molar-refractivity contribution is -0.121. The molecule has 0 saturated heterocycles. The summed E-state index contributed by atoms with van der Waals surface area (Å²) in [6.07, 6.45) is 2.05. The lowest BCUT2D eigenvalue weighted by Crippen LogP contribution is -2.25. The molecule has 1 aromatic heterocycles. The monoisotopic (exact) mass is 417 g/mol. The van der Waals surface area contributed by atoms with Crippen LogP contribution in [0, 0.1) is 0 Å². The van der Waals surface area contributed by atoms with Crippen LogP contribution in [0.25, 0.3) is 22.2 Å². The number of nitrogens with one attached hydrogen (secondary N) is 1. The van der Waals surface area contributed by atoms with Gasteiger partial charge in [0.1, 0.15) is 5.69 Å². The highest BCUT2D eigenvalue weighted by Crippen LogP contribution is 2.30. The summed E-state index contributed by atoms with van der Waals surface area (Å²) >= 11 is 6.24. The van der Waals surface area contributed by atoms with Gasteiger partial charge in [0.05, 0.1) is 5.52 Å². The van der Waals surface area contributed by atoms with Gasteiger partial charge in [-0.2, -0.15) is 5.10 Å². The van der Waals surface area contributed by atoms with E-state index in [-0.39, 0.29) is 5.91 Å². The Morgan fingerprint density at radius 1 is 0.967 bits per heavy atom. The maximum Gasteiger partial charge on any atom is 0.220 e. The molecule has 4 nitrogen and oxygen atoms in total. The molecule has 0 bridgehead atoms. The number of rotatable bonds is 8. The van der Waals surface area contributed by atoms with E-state index in [0.29, 0.717) is 24.5 Å². The number of nitrogens with zero attached hydrogens (tertiary/aromatic N) is 2. The number of amides is 1. The van der Waals surface area contributed by atoms with Crippen molar-refractivity contribution in [2.75, 3.05) is 6.54 Å². The zero-order valence-corrected chi connectivity index (χ0v) is 17.5. The second-order valence-corrected chi connectivity index (χ2v) is 7.72. The number of carbonyl (C=O) groups is 1. The smallest absolute Gasteiger partial charge is 0.220 e. The van der Waals surface area contributed by atoms with E-state index in [0.717, 1.165) is 35.0 Å². The maximum atomic E-state index is 12.2. The number of carbonyl (C=O) groups excluding carboxylic acids is 1. The molecule has 4 aromatic rings. The third-order valence-electron chi connectivity index (χ3n) is 5.11. The molecule has 0 aliphatic heterocycles. The van der Waals surface area contributed by atoms with Crippen molar-refractivity contribution in [3.63, 3.8) is 0 Å². The standard InChI is InChI=1S/C25H24ClN3O/c26-21-13-14-23-22(18-21)25(20-10-5-2-6-11-20)28-29(23)17-7-12-24(30)27-16-15-19-8-3-1-4-9-19/h1-6,8-11,13-14,18H,7,12,15-17H2,(H,27,30). The summed E-state index contributed by atoms with van der Waals surface area (Å²) in [5.41, 5.74) is 4.23. The molecule has 152 valence electrons. The summed E-state index contributed by atoms with van der Waals surface area (Å²) < 4.78 is 1.98. The molecular formula is C25H24ClN3O. The van der Waals surface area contributed by atoms with E-state index < -0.39 is 0 Å². The molecule has 0 spiro atoms. The molecule has 0 unspecified atom stereocenters. The van der Waals surface area contributed by atoms with Crippen LogP contribution in [0.1, 0.15) is 18.4 Å². The molecule has 0 saturated carbocycles. The van der Waals surface area contributed by atoms with E-state index in [4.69, 9.17) is 16.7 Å². The van der Waals surface area contributed by atoms with Gasteiger partial charge in [-0.25, -0.2) is 0 Å². The minimum atomic E-state index is 0.0775. The van der Waals surface area contributed by atoms with Crippen LogP contribution in [0.2, 0.25) is 5.02 Å². The quantitative estimate of drug-likeness (QED) is 0.411. The number of hydrogen-bond acceptors (Lipinski definition) is 2. The van der Waals surface area contributed by atoms with E-state index in [1.807, 2.05) is 71.4 Å². The van der Waals surface area contributed by atoms with Crippen molar-refractivity contribution in [1.29, 1.82) is 0 Å². The van der Waals surface area contributed by atoms with Crippen molar-refractivity contribution in [1.82, 2.24) is 15.1 Å². The average molecular weight is 418 g/mol. The van der Waals surface area contributed by atoms with Gasteiger partial charge >= 0.3 is 0 Å². The molecule has 4 rings (SSSR count). The number of aromatic nitrogens is 2. The van der Waals surface area contributed by atoms with Gasteiger partial charge in [0, 0.05) is 35.5 Å². The van der Waals surface area contributed by atoms with Crippen LogP contribution in [0.15, 0.2) is 78.9 Å². The third kappa shape index (κ3) is 4.89. The first-order chi connectivity index (χ1) is 14.7. The summed E-state index contributed by atoms with van der Waals surface area (Å²) in [5, 5.41) is 9.55. The van der Waals surface area contributed by atoms with Crippen LogP contribution in [0.3, 0.4) is 0 Å². The van der Waals surface area contributed by atoms with Gasteiger partial charge in [-0.3, -0.25) is 9.48 Å². The Morgan fingerprint density at radius 2 is 1.70 bits per heavy atom. The normalized spacial score (nSPS) is 11.0. The highest BCUT2D eigenvalue weighted by molar-refractivity contribution is 6.31. The van der Waals surface area contributed by atoms with Crippen molar-refractivity contribution >= 4 is 28.4 Å². The lowest BCUT2D eigenvalue weighted by Gasteiger charge is -2.06. The largest absolute Gasteiger partial charge is 0.356 e. The molecule has 30 heavy (non-hydrogen) atoms. The molecule has 0 radical (unpaired) electrons. The minimum Gasteiger partial charge on any atom is -0.356 e. The van der Waals surface area contributed by atoms with Crippen molar-refractivity contribution in [3.8, 4) is 11.3 Å². The molecule has 5 heteroatoms. The van der Waals surface area contributed by atoms with E-state index in [1.54, 1.807) is 0 Å². The molecule has 1 heterocycles. The molecule has 0 atom stereocenters. The topological polar surface area (TPSA) is 46.9 Å². The maximum absolute atomic E-state index is 12.2. The number of halogens is 1. The van der Waals surface area contributed by atoms with E-state index in [1.165, 1.54) is 5.56 Å². The van der Waals surface area contributed by atoms with Crippen molar-refractivity contribution in [2.45, 2.75) is 25.8 Å². The number of benzene rings is 3. The van der Waals surface area contributed by atoms with E-state index in [2.05, 4.69) is 17.4 Å². The first kappa shape index (κ1) is 20.2. The summed E-state index contributed by atoms with van der Waals surface area (Å²) in [6.45, 7) is 1.33. The molecule has 0 aliphatic rings. The summed E-state index contributed by atoms with van der Waals surface area (Å²) in [7, 11) is 0. The molecule has 0 aliphatic carbocycles. The molecule has 1 amide bonds. The van der Waals surface area contributed by atoms with Crippen molar-refractivity contribution in [3.05, 3.63) is 89.4 Å². The van der Waals surface area contributed by atoms with Gasteiger partial charge in [0.15, 0.2) is 0 Å². The SMILES string of the molecule is O=C(CCCn1nc(-c2ccccc2)c2cc(Cl)ccc21)NCCc1ccccc1. The number of hydrogen-bond donors (Lipinski definition) is 1. The van der Waals surface area contributed by atoms with Gasteiger partial charge in [-0.15, -0.1) is 0 Å². The zero-order chi connectivity index (χ0) is 20.8. The van der Waals surface area contributed by atoms with Crippen LogP contribution in [-0.4, -0.2) is 22.2 Å². The fourth-order valence-corrected chi connectivity index (χ4v) is 3.77. The first-order valence-electron chi connectivity index (χ1n) is 10.2. The molecule has 0 fully saturated rings. The predicted octanol–water partition coefficient (Wildman–Crippen LogP) is 5.50. The number of fused-ring (bicyclic) bond motifs is 1. The van der Waals surface area contributed by atoms with Gasteiger partial charge in [0.25, 0.3) is 0 Å². The van der Waals surface area contributed by atoms with Gasteiger partial charge in [-0.1, -0.05) is 72.3 Å². The first-order valence-corrected chi connectivity index (χ1v) is 10.6. The summed E-state index contributed by atoms with van der Waals surface area (Å²) in [5.74, 6) is 0.0775. The summed E-state index contributed by atoms with van der Waals surface area (Å²) in [6, 6.07) is 26.1. The second-order valence-electron chi connectivity index (χ2n) is 7.29. The Kier molecular flexibility index (Phi) is 6.45. The van der Waals surface area contributed by atoms with Crippen molar-refractivity contribution < 1.29 is 4.79 Å². The molecule has 1 N–H and O–H groups in total. The third-order valence-corrected chi connectivity index (χ3v) is 5.35. The van der Waals surface area contributed by atoms with Crippen LogP contribution in [-0.2, 0) is 17.8 Å². The fraction of sp³-hybridized carbons (Fsp3) is 0.200. The average Bonchev–Trinajstić information content (AvgIpc) is 3.13. The Balaban J connectivity index is 1.37. The van der Waals surface area contributed by atoms with E-state index in [9.17, 15) is 4.79 Å². The van der Waals surface area contributed by atoms with Crippen LogP contribution < -0.4 is 5.32 Å². The number of aryl methyl sites for hydroxylation is 1. The minimum absolute atomic E-state index is 0.0775. The van der Waals surface area contributed by atoms with Gasteiger partial charge in [0.2, 0.25) is 5.91 Å². The Bertz CT molecular complexity index is 1120. The zero-order valence-electron chi connectivity index (χ0n) is 16.7. The second kappa shape index (κ2) is 9.59. The molecule has 3 aromatic carbocycles. The van der Waals surface area contributed by atoms with Crippen LogP contribution in [0.5, 0.6) is 0 Å².